The fourth-order valence-corrected chi connectivity index (χ4v) is 3.12. The Kier molecular flexibility index (Phi) is 4.79. The first-order chi connectivity index (χ1) is 12.0. The summed E-state index contributed by atoms with van der Waals surface area (Å²) in [5, 5.41) is 11.3. The van der Waals surface area contributed by atoms with Gasteiger partial charge in [0.2, 0.25) is 0 Å². The standard InChI is InChI=1S/C21H22O4/c1-4-16(14-8-6-5-7-9-14)19-20(22)17-11-10-15(24-13(2)3)12-18(17)25-21(19)23/h5-13,16,22H,4H2,1-3H3. The van der Waals surface area contributed by atoms with Gasteiger partial charge in [-0.2, -0.15) is 0 Å². The van der Waals surface area contributed by atoms with Crippen LogP contribution in [-0.2, 0) is 0 Å². The Hall–Kier alpha value is -2.75. The topological polar surface area (TPSA) is 59.7 Å². The monoisotopic (exact) mass is 338 g/mol. The lowest BCUT2D eigenvalue weighted by Gasteiger charge is -2.17. The molecular weight excluding hydrogens is 316 g/mol. The van der Waals surface area contributed by atoms with Crippen LogP contribution in [0.15, 0.2) is 57.7 Å². The smallest absolute Gasteiger partial charge is 0.343 e. The molecule has 4 nitrogen and oxygen atoms in total. The molecule has 130 valence electrons. The fraction of sp³-hybridized carbons (Fsp3) is 0.286. The summed E-state index contributed by atoms with van der Waals surface area (Å²) < 4.78 is 11.1. The number of hydrogen-bond donors (Lipinski definition) is 1. The van der Waals surface area contributed by atoms with Crippen LogP contribution >= 0.6 is 0 Å². The quantitative estimate of drug-likeness (QED) is 0.677. The lowest BCUT2D eigenvalue weighted by Crippen LogP contribution is -2.14. The van der Waals surface area contributed by atoms with Crippen molar-refractivity contribution in [3.8, 4) is 11.5 Å². The third-order valence-corrected chi connectivity index (χ3v) is 4.22. The van der Waals surface area contributed by atoms with Gasteiger partial charge >= 0.3 is 5.63 Å². The predicted molar refractivity (Wildman–Crippen MR) is 98.5 cm³/mol. The molecule has 4 heteroatoms. The number of hydrogen-bond acceptors (Lipinski definition) is 4. The van der Waals surface area contributed by atoms with Gasteiger partial charge in [-0.25, -0.2) is 4.79 Å². The van der Waals surface area contributed by atoms with Crippen LogP contribution in [0.3, 0.4) is 0 Å². The van der Waals surface area contributed by atoms with E-state index in [4.69, 9.17) is 9.15 Å². The maximum absolute atomic E-state index is 12.6. The molecule has 0 aliphatic heterocycles. The Morgan fingerprint density at radius 3 is 2.48 bits per heavy atom. The van der Waals surface area contributed by atoms with Crippen molar-refractivity contribution in [3.63, 3.8) is 0 Å². The zero-order chi connectivity index (χ0) is 18.0. The van der Waals surface area contributed by atoms with Crippen LogP contribution in [0.1, 0.15) is 44.2 Å². The minimum atomic E-state index is -0.512. The summed E-state index contributed by atoms with van der Waals surface area (Å²) in [5.74, 6) is 0.374. The van der Waals surface area contributed by atoms with Gasteiger partial charge in [-0.05, 0) is 38.0 Å². The first-order valence-corrected chi connectivity index (χ1v) is 8.52. The van der Waals surface area contributed by atoms with E-state index in [2.05, 4.69) is 0 Å². The number of benzene rings is 2. The van der Waals surface area contributed by atoms with E-state index < -0.39 is 5.63 Å². The molecule has 0 spiro atoms. The van der Waals surface area contributed by atoms with Gasteiger partial charge in [-0.3, -0.25) is 0 Å². The highest BCUT2D eigenvalue weighted by atomic mass is 16.5. The van der Waals surface area contributed by atoms with Crippen molar-refractivity contribution in [1.29, 1.82) is 0 Å². The Bertz CT molecular complexity index is 926. The molecule has 0 saturated heterocycles. The summed E-state index contributed by atoms with van der Waals surface area (Å²) >= 11 is 0. The second kappa shape index (κ2) is 7.01. The van der Waals surface area contributed by atoms with Crippen molar-refractivity contribution in [2.45, 2.75) is 39.2 Å². The van der Waals surface area contributed by atoms with Crippen LogP contribution in [-0.4, -0.2) is 11.2 Å². The van der Waals surface area contributed by atoms with Gasteiger partial charge in [-0.15, -0.1) is 0 Å². The van der Waals surface area contributed by atoms with Crippen LogP contribution in [0.5, 0.6) is 11.5 Å². The zero-order valence-corrected chi connectivity index (χ0v) is 14.7. The summed E-state index contributed by atoms with van der Waals surface area (Å²) in [6, 6.07) is 14.8. The van der Waals surface area contributed by atoms with Crippen molar-refractivity contribution < 1.29 is 14.3 Å². The first-order valence-electron chi connectivity index (χ1n) is 8.52. The summed E-state index contributed by atoms with van der Waals surface area (Å²) in [6.07, 6.45) is 0.696. The van der Waals surface area contributed by atoms with Gasteiger partial charge in [0.15, 0.2) is 0 Å². The van der Waals surface area contributed by atoms with Gasteiger partial charge < -0.3 is 14.3 Å². The van der Waals surface area contributed by atoms with Crippen molar-refractivity contribution in [2.24, 2.45) is 0 Å². The first kappa shape index (κ1) is 17.1. The third kappa shape index (κ3) is 3.38. The Morgan fingerprint density at radius 2 is 1.84 bits per heavy atom. The molecule has 1 atom stereocenters. The summed E-state index contributed by atoms with van der Waals surface area (Å²) in [6.45, 7) is 5.83. The van der Waals surface area contributed by atoms with Gasteiger partial charge in [0.1, 0.15) is 17.1 Å². The number of ether oxygens (including phenoxy) is 1. The van der Waals surface area contributed by atoms with E-state index >= 15 is 0 Å². The Balaban J connectivity index is 2.15. The molecule has 1 aromatic heterocycles. The molecule has 0 fully saturated rings. The number of fused-ring (bicyclic) bond motifs is 1. The highest BCUT2D eigenvalue weighted by Crippen LogP contribution is 2.36. The normalized spacial score (nSPS) is 12.5. The molecule has 0 bridgehead atoms. The van der Waals surface area contributed by atoms with Crippen molar-refractivity contribution in [3.05, 3.63) is 70.1 Å². The largest absolute Gasteiger partial charge is 0.507 e. The summed E-state index contributed by atoms with van der Waals surface area (Å²) in [4.78, 5) is 12.6. The van der Waals surface area contributed by atoms with Crippen LogP contribution in [0.4, 0.5) is 0 Å². The lowest BCUT2D eigenvalue weighted by atomic mass is 9.89. The molecule has 0 amide bonds. The van der Waals surface area contributed by atoms with E-state index in [0.29, 0.717) is 28.7 Å². The Labute approximate surface area is 146 Å². The molecule has 2 aromatic carbocycles. The maximum Gasteiger partial charge on any atom is 0.343 e. The SMILES string of the molecule is CCC(c1ccccc1)c1c(O)c2ccc(OC(C)C)cc2oc1=O. The van der Waals surface area contributed by atoms with Crippen LogP contribution < -0.4 is 10.4 Å². The molecular formula is C21H22O4. The molecule has 0 saturated carbocycles. The van der Waals surface area contributed by atoms with Crippen LogP contribution in [0, 0.1) is 0 Å². The van der Waals surface area contributed by atoms with E-state index in [1.807, 2.05) is 51.1 Å². The molecule has 0 radical (unpaired) electrons. The minimum absolute atomic E-state index is 0.0135. The second-order valence-corrected chi connectivity index (χ2v) is 6.35. The van der Waals surface area contributed by atoms with Gasteiger partial charge in [0, 0.05) is 12.0 Å². The molecule has 3 aromatic rings. The van der Waals surface area contributed by atoms with E-state index in [9.17, 15) is 9.90 Å². The molecule has 25 heavy (non-hydrogen) atoms. The van der Waals surface area contributed by atoms with Gasteiger partial charge in [0.25, 0.3) is 0 Å². The molecule has 1 heterocycles. The third-order valence-electron chi connectivity index (χ3n) is 4.22. The minimum Gasteiger partial charge on any atom is -0.507 e. The van der Waals surface area contributed by atoms with Crippen molar-refractivity contribution >= 4 is 11.0 Å². The predicted octanol–water partition coefficient (Wildman–Crippen LogP) is 4.83. The molecule has 0 aliphatic carbocycles. The van der Waals surface area contributed by atoms with Gasteiger partial charge in [0.05, 0.1) is 17.1 Å². The molecule has 1 N–H and O–H groups in total. The summed E-state index contributed by atoms with van der Waals surface area (Å²) in [5.41, 5.74) is 1.10. The van der Waals surface area contributed by atoms with Crippen LogP contribution in [0.2, 0.25) is 0 Å². The molecule has 1 unspecified atom stereocenters. The maximum atomic E-state index is 12.6. The fourth-order valence-electron chi connectivity index (χ4n) is 3.12. The van der Waals surface area contributed by atoms with Gasteiger partial charge in [-0.1, -0.05) is 37.3 Å². The number of rotatable bonds is 5. The van der Waals surface area contributed by atoms with E-state index in [1.54, 1.807) is 18.2 Å². The lowest BCUT2D eigenvalue weighted by molar-refractivity contribution is 0.242. The zero-order valence-electron chi connectivity index (χ0n) is 14.7. The van der Waals surface area contributed by atoms with Crippen molar-refractivity contribution in [2.75, 3.05) is 0 Å². The average Bonchev–Trinajstić information content (AvgIpc) is 2.58. The highest BCUT2D eigenvalue weighted by Gasteiger charge is 2.23. The molecule has 3 rings (SSSR count). The Morgan fingerprint density at radius 1 is 1.12 bits per heavy atom. The molecule has 0 aliphatic rings. The van der Waals surface area contributed by atoms with E-state index in [0.717, 1.165) is 5.56 Å². The van der Waals surface area contributed by atoms with Crippen LogP contribution in [0.25, 0.3) is 11.0 Å². The highest BCUT2D eigenvalue weighted by molar-refractivity contribution is 5.85. The van der Waals surface area contributed by atoms with Crippen molar-refractivity contribution in [1.82, 2.24) is 0 Å². The number of aromatic hydroxyl groups is 1. The van der Waals surface area contributed by atoms with E-state index in [1.165, 1.54) is 0 Å². The average molecular weight is 338 g/mol. The van der Waals surface area contributed by atoms with E-state index in [-0.39, 0.29) is 17.8 Å². The second-order valence-electron chi connectivity index (χ2n) is 6.35. The summed E-state index contributed by atoms with van der Waals surface area (Å²) in [7, 11) is 0.